The lowest BCUT2D eigenvalue weighted by atomic mass is 10.1. The second-order valence-corrected chi connectivity index (χ2v) is 7.78. The number of amides is 1. The van der Waals surface area contributed by atoms with Crippen LogP contribution in [0, 0.1) is 13.8 Å². The van der Waals surface area contributed by atoms with Crippen molar-refractivity contribution >= 4 is 49.7 Å². The van der Waals surface area contributed by atoms with Gasteiger partial charge in [0.2, 0.25) is 5.91 Å². The van der Waals surface area contributed by atoms with Crippen LogP contribution < -0.4 is 5.32 Å². The molecule has 2 aromatic heterocycles. The summed E-state index contributed by atoms with van der Waals surface area (Å²) < 4.78 is 1.03. The van der Waals surface area contributed by atoms with E-state index in [0.29, 0.717) is 5.13 Å². The van der Waals surface area contributed by atoms with E-state index in [4.69, 9.17) is 0 Å². The number of carbonyl (C=O) groups excluding carboxylic acids is 2. The summed E-state index contributed by atoms with van der Waals surface area (Å²) in [6.45, 7) is 3.92. The molecule has 0 radical (unpaired) electrons. The highest BCUT2D eigenvalue weighted by molar-refractivity contribution is 7.22. The van der Waals surface area contributed by atoms with Gasteiger partial charge >= 0.3 is 0 Å². The third-order valence-electron chi connectivity index (χ3n) is 3.46. The van der Waals surface area contributed by atoms with E-state index in [-0.39, 0.29) is 24.5 Å². The zero-order valence-electron chi connectivity index (χ0n) is 12.9. The average molecular weight is 344 g/mol. The van der Waals surface area contributed by atoms with Crippen molar-refractivity contribution in [2.24, 2.45) is 0 Å². The minimum Gasteiger partial charge on any atom is -0.302 e. The second-order valence-electron chi connectivity index (χ2n) is 5.29. The molecule has 0 saturated heterocycles. The number of thiophene rings is 1. The quantitative estimate of drug-likeness (QED) is 0.689. The normalized spacial score (nSPS) is 10.9. The van der Waals surface area contributed by atoms with Gasteiger partial charge in [0.15, 0.2) is 10.9 Å². The highest BCUT2D eigenvalue weighted by Crippen LogP contribution is 2.26. The van der Waals surface area contributed by atoms with E-state index in [2.05, 4.69) is 10.3 Å². The summed E-state index contributed by atoms with van der Waals surface area (Å²) >= 11 is 3.04. The predicted octanol–water partition coefficient (Wildman–Crippen LogP) is 4.58. The summed E-state index contributed by atoms with van der Waals surface area (Å²) in [7, 11) is 0. The fourth-order valence-electron chi connectivity index (χ4n) is 2.38. The van der Waals surface area contributed by atoms with Crippen molar-refractivity contribution in [2.45, 2.75) is 26.7 Å². The van der Waals surface area contributed by atoms with E-state index in [1.165, 1.54) is 11.3 Å². The van der Waals surface area contributed by atoms with E-state index in [1.807, 2.05) is 44.2 Å². The molecule has 1 N–H and O–H groups in total. The number of hydrogen-bond donors (Lipinski definition) is 1. The van der Waals surface area contributed by atoms with Crippen LogP contribution in [-0.4, -0.2) is 16.7 Å². The lowest BCUT2D eigenvalue weighted by Crippen LogP contribution is -2.13. The Balaban J connectivity index is 1.59. The van der Waals surface area contributed by atoms with Gasteiger partial charge in [0.25, 0.3) is 0 Å². The van der Waals surface area contributed by atoms with Crippen molar-refractivity contribution in [1.82, 2.24) is 4.98 Å². The van der Waals surface area contributed by atoms with Crippen LogP contribution in [0.15, 0.2) is 30.3 Å². The van der Waals surface area contributed by atoms with E-state index in [1.54, 1.807) is 11.3 Å². The highest BCUT2D eigenvalue weighted by Gasteiger charge is 2.14. The minimum absolute atomic E-state index is 0.0197. The molecule has 1 amide bonds. The third-order valence-corrected chi connectivity index (χ3v) is 5.38. The molecule has 1 aromatic carbocycles. The maximum absolute atomic E-state index is 12.2. The molecular formula is C17H16N2O2S2. The van der Waals surface area contributed by atoms with Crippen LogP contribution in [0.2, 0.25) is 0 Å². The Morgan fingerprint density at radius 1 is 1.13 bits per heavy atom. The monoisotopic (exact) mass is 344 g/mol. The number of Topliss-reactive ketones (excluding diaryl/α,β-unsaturated/α-hetero) is 1. The molecule has 0 unspecified atom stereocenters. The molecule has 0 bridgehead atoms. The van der Waals surface area contributed by atoms with Gasteiger partial charge in [-0.2, -0.15) is 0 Å². The van der Waals surface area contributed by atoms with E-state index < -0.39 is 0 Å². The van der Waals surface area contributed by atoms with Crippen molar-refractivity contribution in [3.63, 3.8) is 0 Å². The number of anilines is 1. The Morgan fingerprint density at radius 2 is 1.91 bits per heavy atom. The molecular weight excluding hydrogens is 328 g/mol. The zero-order chi connectivity index (χ0) is 16.4. The first kappa shape index (κ1) is 15.8. The fraction of sp³-hybridized carbons (Fsp3) is 0.235. The van der Waals surface area contributed by atoms with Gasteiger partial charge in [0.05, 0.1) is 10.2 Å². The van der Waals surface area contributed by atoms with Crippen LogP contribution in [0.25, 0.3) is 10.2 Å². The van der Waals surface area contributed by atoms with E-state index in [0.717, 1.165) is 25.5 Å². The number of carbonyl (C=O) groups is 2. The Morgan fingerprint density at radius 3 is 2.61 bits per heavy atom. The third kappa shape index (κ3) is 3.65. The summed E-state index contributed by atoms with van der Waals surface area (Å²) in [6, 6.07) is 9.63. The Labute approximate surface area is 142 Å². The van der Waals surface area contributed by atoms with Crippen LogP contribution >= 0.6 is 22.7 Å². The summed E-state index contributed by atoms with van der Waals surface area (Å²) in [4.78, 5) is 30.7. The molecule has 0 aliphatic rings. The number of thiazole rings is 1. The fourth-order valence-corrected chi connectivity index (χ4v) is 4.20. The first-order chi connectivity index (χ1) is 11.0. The summed E-state index contributed by atoms with van der Waals surface area (Å²) in [5.41, 5.74) is 1.61. The largest absolute Gasteiger partial charge is 0.302 e. The number of benzene rings is 1. The van der Waals surface area contributed by atoms with Crippen molar-refractivity contribution in [3.05, 3.63) is 45.6 Å². The van der Waals surface area contributed by atoms with Gasteiger partial charge in [-0.1, -0.05) is 23.5 Å². The van der Waals surface area contributed by atoms with Crippen molar-refractivity contribution in [3.8, 4) is 0 Å². The first-order valence-corrected chi connectivity index (χ1v) is 8.92. The number of aryl methyl sites for hydroxylation is 2. The average Bonchev–Trinajstić information content (AvgIpc) is 3.06. The van der Waals surface area contributed by atoms with Crippen LogP contribution in [-0.2, 0) is 4.79 Å². The molecule has 3 aromatic rings. The molecule has 2 heterocycles. The maximum atomic E-state index is 12.2. The van der Waals surface area contributed by atoms with Gasteiger partial charge in [-0.05, 0) is 32.0 Å². The van der Waals surface area contributed by atoms with Crippen molar-refractivity contribution < 1.29 is 9.59 Å². The number of hydrogen-bond acceptors (Lipinski definition) is 5. The summed E-state index contributed by atoms with van der Waals surface area (Å²) in [5.74, 6) is -0.159. The molecule has 0 spiro atoms. The number of fused-ring (bicyclic) bond motifs is 1. The lowest BCUT2D eigenvalue weighted by Gasteiger charge is -2.01. The van der Waals surface area contributed by atoms with Crippen molar-refractivity contribution in [2.75, 3.05) is 5.32 Å². The van der Waals surface area contributed by atoms with Gasteiger partial charge in [-0.25, -0.2) is 4.98 Å². The predicted molar refractivity (Wildman–Crippen MR) is 95.6 cm³/mol. The smallest absolute Gasteiger partial charge is 0.226 e. The summed E-state index contributed by atoms with van der Waals surface area (Å²) in [5, 5.41) is 3.35. The van der Waals surface area contributed by atoms with Crippen LogP contribution in [0.5, 0.6) is 0 Å². The second kappa shape index (κ2) is 6.60. The van der Waals surface area contributed by atoms with Crippen LogP contribution in [0.3, 0.4) is 0 Å². The maximum Gasteiger partial charge on any atom is 0.226 e. The molecule has 0 fully saturated rings. The SMILES string of the molecule is Cc1cc(C(=O)CCC(=O)Nc2nc3ccccc3s2)c(C)s1. The molecule has 0 aliphatic carbocycles. The number of para-hydroxylation sites is 1. The molecule has 118 valence electrons. The molecule has 23 heavy (non-hydrogen) atoms. The van der Waals surface area contributed by atoms with Crippen molar-refractivity contribution in [1.29, 1.82) is 0 Å². The minimum atomic E-state index is -0.179. The Hall–Kier alpha value is -2.05. The topological polar surface area (TPSA) is 59.1 Å². The Kier molecular flexibility index (Phi) is 4.54. The van der Waals surface area contributed by atoms with E-state index in [9.17, 15) is 9.59 Å². The van der Waals surface area contributed by atoms with Crippen LogP contribution in [0.4, 0.5) is 5.13 Å². The van der Waals surface area contributed by atoms with Gasteiger partial charge in [-0.3, -0.25) is 9.59 Å². The van der Waals surface area contributed by atoms with Gasteiger partial charge < -0.3 is 5.32 Å². The molecule has 0 saturated carbocycles. The number of rotatable bonds is 5. The summed E-state index contributed by atoms with van der Waals surface area (Å²) in [6.07, 6.45) is 0.386. The standard InChI is InChI=1S/C17H16N2O2S2/c1-10-9-12(11(2)22-10)14(20)7-8-16(21)19-17-18-13-5-3-4-6-15(13)23-17/h3-6,9H,7-8H2,1-2H3,(H,18,19,21). The van der Waals surface area contributed by atoms with Gasteiger partial charge in [0, 0.05) is 28.2 Å². The highest BCUT2D eigenvalue weighted by atomic mass is 32.1. The Bertz CT molecular complexity index is 847. The molecule has 6 heteroatoms. The van der Waals surface area contributed by atoms with Gasteiger partial charge in [-0.15, -0.1) is 11.3 Å². The molecule has 0 atom stereocenters. The van der Waals surface area contributed by atoms with Gasteiger partial charge in [0.1, 0.15) is 0 Å². The first-order valence-electron chi connectivity index (χ1n) is 7.28. The molecule has 4 nitrogen and oxygen atoms in total. The number of aromatic nitrogens is 1. The zero-order valence-corrected chi connectivity index (χ0v) is 14.5. The number of nitrogens with zero attached hydrogens (tertiary/aromatic N) is 1. The lowest BCUT2D eigenvalue weighted by molar-refractivity contribution is -0.116. The van der Waals surface area contributed by atoms with E-state index >= 15 is 0 Å². The number of nitrogens with one attached hydrogen (secondary N) is 1. The van der Waals surface area contributed by atoms with Crippen LogP contribution in [0.1, 0.15) is 33.0 Å². The number of ketones is 1. The molecule has 0 aliphatic heterocycles. The molecule has 3 rings (SSSR count).